The van der Waals surface area contributed by atoms with Gasteiger partial charge in [0.05, 0.1) is 0 Å². The minimum Gasteiger partial charge on any atom is -0.207 e. The van der Waals surface area contributed by atoms with Crippen molar-refractivity contribution in [3.63, 3.8) is 0 Å². The molecule has 0 radical (unpaired) electrons. The van der Waals surface area contributed by atoms with Crippen molar-refractivity contribution in [2.24, 2.45) is 0 Å². The van der Waals surface area contributed by atoms with Gasteiger partial charge in [-0.05, 0) is 58.9 Å². The van der Waals surface area contributed by atoms with Crippen LogP contribution in [0.2, 0.25) is 0 Å². The van der Waals surface area contributed by atoms with Crippen LogP contribution < -0.4 is 0 Å². The third kappa shape index (κ3) is 1.50. The van der Waals surface area contributed by atoms with Crippen LogP contribution in [-0.4, -0.2) is 5.51 Å². The molecule has 1 aromatic rings. The first-order valence-corrected chi connectivity index (χ1v) is 7.81. The van der Waals surface area contributed by atoms with Crippen molar-refractivity contribution >= 4 is 29.4 Å². The molecule has 1 aliphatic rings. The Hall–Kier alpha value is -0.490. The Kier molecular flexibility index (Phi) is 2.62. The summed E-state index contributed by atoms with van der Waals surface area (Å²) in [7, 11) is -3.25. The van der Waals surface area contributed by atoms with Crippen LogP contribution >= 0.6 is 23.3 Å². The molecule has 0 saturated heterocycles. The molecule has 0 N–H and O–H groups in total. The lowest BCUT2D eigenvalue weighted by molar-refractivity contribution is -0.0355. The minimum absolute atomic E-state index is 0.00231. The van der Waals surface area contributed by atoms with E-state index in [-0.39, 0.29) is 9.80 Å². The molecule has 0 spiro atoms. The lowest BCUT2D eigenvalue weighted by Crippen LogP contribution is -2.15. The summed E-state index contributed by atoms with van der Waals surface area (Å²) in [6.45, 7) is 1.41. The zero-order valence-corrected chi connectivity index (χ0v) is 10.5. The summed E-state index contributed by atoms with van der Waals surface area (Å²) >= 11 is 2.79. The molecule has 1 aromatic carbocycles. The lowest BCUT2D eigenvalue weighted by atomic mass is 10.2. The third-order valence-corrected chi connectivity index (χ3v) is 8.68. The van der Waals surface area contributed by atoms with E-state index in [9.17, 15) is 17.6 Å². The molecule has 1 aliphatic heterocycles. The van der Waals surface area contributed by atoms with Gasteiger partial charge in [-0.15, -0.1) is 0 Å². The minimum atomic E-state index is -4.41. The van der Waals surface area contributed by atoms with Crippen molar-refractivity contribution in [3.8, 4) is 0 Å². The second-order valence-corrected chi connectivity index (χ2v) is 8.96. The molecule has 0 bridgehead atoms. The van der Waals surface area contributed by atoms with Crippen molar-refractivity contribution in [3.05, 3.63) is 34.5 Å². The fourth-order valence-electron chi connectivity index (χ4n) is 1.65. The Bertz CT molecular complexity index is 480. The molecule has 0 aromatic heterocycles. The molecule has 0 fully saturated rings. The highest BCUT2D eigenvalue weighted by Gasteiger charge is 2.54. The molecule has 0 aliphatic carbocycles. The summed E-state index contributed by atoms with van der Waals surface area (Å²) in [6, 6.07) is 3.49. The van der Waals surface area contributed by atoms with Crippen LogP contribution in [0.15, 0.2) is 28.0 Å². The predicted octanol–water partition coefficient (Wildman–Crippen LogP) is 5.19. The van der Waals surface area contributed by atoms with Gasteiger partial charge in [0.1, 0.15) is 5.82 Å². The molecular weight excluding hydrogens is 308 g/mol. The standard InChI is InChI=1S/C10H7BrF4S/c1-6-4-7-2-3-8(12)5-9(7)16(6,11)10(13,14)15/h2-5H,1H3. The van der Waals surface area contributed by atoms with Crippen LogP contribution in [0, 0.1) is 5.82 Å². The zero-order valence-electron chi connectivity index (χ0n) is 8.11. The van der Waals surface area contributed by atoms with E-state index in [2.05, 4.69) is 14.8 Å². The first kappa shape index (κ1) is 12.0. The molecule has 1 unspecified atom stereocenters. The first-order valence-electron chi connectivity index (χ1n) is 4.34. The molecule has 1 heterocycles. The van der Waals surface area contributed by atoms with Crippen LogP contribution in [0.5, 0.6) is 0 Å². The Morgan fingerprint density at radius 1 is 1.25 bits per heavy atom. The molecule has 88 valence electrons. The van der Waals surface area contributed by atoms with E-state index in [1.807, 2.05) is 0 Å². The van der Waals surface area contributed by atoms with E-state index in [0.717, 1.165) is 12.1 Å². The summed E-state index contributed by atoms with van der Waals surface area (Å²) in [5.41, 5.74) is -3.98. The van der Waals surface area contributed by atoms with Crippen LogP contribution in [0.25, 0.3) is 6.08 Å². The summed E-state index contributed by atoms with van der Waals surface area (Å²) in [5, 5.41) is 0. The van der Waals surface area contributed by atoms with Gasteiger partial charge in [-0.25, -0.2) is 4.39 Å². The summed E-state index contributed by atoms with van der Waals surface area (Å²) in [4.78, 5) is 0.193. The fraction of sp³-hybridized carbons (Fsp3) is 0.200. The van der Waals surface area contributed by atoms with Crippen molar-refractivity contribution in [2.45, 2.75) is 17.3 Å². The normalized spacial score (nSPS) is 28.2. The Balaban J connectivity index is 2.69. The van der Waals surface area contributed by atoms with Gasteiger partial charge in [0.25, 0.3) is 0 Å². The van der Waals surface area contributed by atoms with Gasteiger partial charge >= 0.3 is 5.51 Å². The highest BCUT2D eigenvalue weighted by atomic mass is 79.9. The molecule has 0 saturated carbocycles. The van der Waals surface area contributed by atoms with Gasteiger partial charge in [0.15, 0.2) is 0 Å². The smallest absolute Gasteiger partial charge is 0.207 e. The molecule has 0 amide bonds. The van der Waals surface area contributed by atoms with Gasteiger partial charge in [-0.3, -0.25) is 0 Å². The number of rotatable bonds is 0. The molecule has 1 atom stereocenters. The zero-order chi connectivity index (χ0) is 12.1. The largest absolute Gasteiger partial charge is 0.442 e. The maximum atomic E-state index is 13.0. The van der Waals surface area contributed by atoms with Crippen molar-refractivity contribution in [1.29, 1.82) is 0 Å². The number of halogens is 5. The molecule has 16 heavy (non-hydrogen) atoms. The molecule has 2 rings (SSSR count). The van der Waals surface area contributed by atoms with Gasteiger partial charge in [0, 0.05) is 4.90 Å². The number of hydrogen-bond acceptors (Lipinski definition) is 0. The van der Waals surface area contributed by atoms with Gasteiger partial charge in [-0.2, -0.15) is 13.2 Å². The monoisotopic (exact) mass is 314 g/mol. The summed E-state index contributed by atoms with van der Waals surface area (Å²) in [5.74, 6) is -0.651. The van der Waals surface area contributed by atoms with E-state index in [1.165, 1.54) is 19.1 Å². The molecule has 6 heteroatoms. The third-order valence-electron chi connectivity index (χ3n) is 2.40. The number of alkyl halides is 3. The summed E-state index contributed by atoms with van der Waals surface area (Å²) in [6.07, 6.45) is 1.45. The highest BCUT2D eigenvalue weighted by molar-refractivity contribution is 9.59. The van der Waals surface area contributed by atoms with Crippen molar-refractivity contribution < 1.29 is 17.6 Å². The lowest BCUT2D eigenvalue weighted by Gasteiger charge is -2.33. The number of hydrogen-bond donors (Lipinski definition) is 0. The predicted molar refractivity (Wildman–Crippen MR) is 60.9 cm³/mol. The SMILES string of the molecule is CC1=Cc2ccc(F)cc2S1(Br)C(F)(F)F. The van der Waals surface area contributed by atoms with Crippen molar-refractivity contribution in [2.75, 3.05) is 0 Å². The molecule has 0 nitrogen and oxygen atoms in total. The Morgan fingerprint density at radius 3 is 2.44 bits per heavy atom. The highest BCUT2D eigenvalue weighted by Crippen LogP contribution is 2.80. The second-order valence-electron chi connectivity index (χ2n) is 3.42. The van der Waals surface area contributed by atoms with Crippen LogP contribution in [0.4, 0.5) is 17.6 Å². The maximum Gasteiger partial charge on any atom is 0.442 e. The van der Waals surface area contributed by atoms with Crippen LogP contribution in [0.1, 0.15) is 12.5 Å². The molecular formula is C10H7BrF4S. The maximum absolute atomic E-state index is 13.0. The first-order chi connectivity index (χ1) is 7.26. The average Bonchev–Trinajstić information content (AvgIpc) is 2.41. The van der Waals surface area contributed by atoms with Gasteiger partial charge in [0.2, 0.25) is 0 Å². The van der Waals surface area contributed by atoms with E-state index in [1.54, 1.807) is 0 Å². The Morgan fingerprint density at radius 2 is 1.88 bits per heavy atom. The summed E-state index contributed by atoms with van der Waals surface area (Å²) < 4.78 is 52.1. The quantitative estimate of drug-likeness (QED) is 0.578. The fourth-order valence-corrected chi connectivity index (χ4v) is 4.75. The van der Waals surface area contributed by atoms with Crippen molar-refractivity contribution in [1.82, 2.24) is 0 Å². The Labute approximate surface area is 98.9 Å². The average molecular weight is 315 g/mol. The second kappa shape index (κ2) is 3.50. The number of allylic oxidation sites excluding steroid dienone is 1. The van der Waals surface area contributed by atoms with Gasteiger partial charge in [-0.1, -0.05) is 6.07 Å². The number of fused-ring (bicyclic) bond motifs is 1. The van der Waals surface area contributed by atoms with E-state index in [4.69, 9.17) is 0 Å². The van der Waals surface area contributed by atoms with E-state index < -0.39 is 19.8 Å². The topological polar surface area (TPSA) is 0 Å². The van der Waals surface area contributed by atoms with Crippen LogP contribution in [0.3, 0.4) is 0 Å². The number of benzene rings is 1. The van der Waals surface area contributed by atoms with Gasteiger partial charge < -0.3 is 0 Å². The van der Waals surface area contributed by atoms with E-state index in [0.29, 0.717) is 5.56 Å². The van der Waals surface area contributed by atoms with Crippen LogP contribution in [-0.2, 0) is 0 Å². The van der Waals surface area contributed by atoms with E-state index >= 15 is 0 Å².